The van der Waals surface area contributed by atoms with Crippen molar-refractivity contribution in [2.75, 3.05) is 25.5 Å². The summed E-state index contributed by atoms with van der Waals surface area (Å²) in [5.74, 6) is -0.0744. The average molecular weight is 250 g/mol. The van der Waals surface area contributed by atoms with E-state index in [2.05, 4.69) is 10.6 Å². The Balaban J connectivity index is 2.68. The van der Waals surface area contributed by atoms with Gasteiger partial charge in [-0.15, -0.1) is 0 Å². The second-order valence-corrected chi connectivity index (χ2v) is 4.28. The van der Waals surface area contributed by atoms with Crippen molar-refractivity contribution < 1.29 is 9.53 Å². The first-order valence-corrected chi connectivity index (χ1v) is 6.26. The third-order valence-corrected chi connectivity index (χ3v) is 2.69. The van der Waals surface area contributed by atoms with Crippen LogP contribution in [0.3, 0.4) is 0 Å². The molecule has 0 saturated carbocycles. The van der Waals surface area contributed by atoms with E-state index in [4.69, 9.17) is 4.74 Å². The number of carbonyl (C=O) groups is 1. The van der Waals surface area contributed by atoms with Crippen LogP contribution in [0.5, 0.6) is 0 Å². The summed E-state index contributed by atoms with van der Waals surface area (Å²) in [6.07, 6.45) is 0.0294. The maximum atomic E-state index is 12.1. The molecule has 0 aliphatic heterocycles. The first-order valence-electron chi connectivity index (χ1n) is 6.26. The van der Waals surface area contributed by atoms with E-state index in [-0.39, 0.29) is 12.0 Å². The van der Waals surface area contributed by atoms with Crippen molar-refractivity contribution in [2.45, 2.75) is 26.9 Å². The number of aryl methyl sites for hydroxylation is 1. The van der Waals surface area contributed by atoms with Crippen molar-refractivity contribution in [3.05, 3.63) is 29.3 Å². The molecule has 0 aliphatic rings. The Bertz CT molecular complexity index is 405. The Hall–Kier alpha value is -1.55. The van der Waals surface area contributed by atoms with E-state index in [9.17, 15) is 4.79 Å². The highest BCUT2D eigenvalue weighted by Gasteiger charge is 2.11. The summed E-state index contributed by atoms with van der Waals surface area (Å²) in [4.78, 5) is 12.1. The van der Waals surface area contributed by atoms with Crippen LogP contribution in [0.15, 0.2) is 18.2 Å². The largest absolute Gasteiger partial charge is 0.387 e. The molecule has 1 aromatic rings. The molecule has 18 heavy (non-hydrogen) atoms. The number of rotatable bonds is 6. The fraction of sp³-hybridized carbons (Fsp3) is 0.500. The van der Waals surface area contributed by atoms with Gasteiger partial charge in [-0.1, -0.05) is 11.6 Å². The molecule has 4 heteroatoms. The van der Waals surface area contributed by atoms with Gasteiger partial charge < -0.3 is 15.4 Å². The number of ether oxygens (including phenoxy) is 1. The summed E-state index contributed by atoms with van der Waals surface area (Å²) in [6, 6.07) is 5.77. The molecule has 1 aromatic carbocycles. The number of anilines is 1. The fourth-order valence-electron chi connectivity index (χ4n) is 1.74. The van der Waals surface area contributed by atoms with Gasteiger partial charge in [0.1, 0.15) is 0 Å². The van der Waals surface area contributed by atoms with E-state index in [1.807, 2.05) is 46.0 Å². The van der Waals surface area contributed by atoms with Gasteiger partial charge in [-0.05, 0) is 32.9 Å². The van der Waals surface area contributed by atoms with Crippen LogP contribution < -0.4 is 10.6 Å². The first kappa shape index (κ1) is 14.5. The normalized spacial score (nSPS) is 12.0. The molecule has 0 saturated heterocycles. The Morgan fingerprint density at radius 1 is 1.44 bits per heavy atom. The van der Waals surface area contributed by atoms with Gasteiger partial charge in [0.25, 0.3) is 5.91 Å². The van der Waals surface area contributed by atoms with Crippen molar-refractivity contribution in [3.8, 4) is 0 Å². The molecule has 1 unspecified atom stereocenters. The quantitative estimate of drug-likeness (QED) is 0.813. The molecule has 0 radical (unpaired) electrons. The fourth-order valence-corrected chi connectivity index (χ4v) is 1.74. The second-order valence-electron chi connectivity index (χ2n) is 4.28. The number of hydrogen-bond acceptors (Lipinski definition) is 3. The van der Waals surface area contributed by atoms with Gasteiger partial charge in [-0.2, -0.15) is 0 Å². The number of benzene rings is 1. The monoisotopic (exact) mass is 250 g/mol. The SMILES string of the molecule is CCOC(C)CNC(=O)c1cc(C)ccc1NC. The minimum atomic E-state index is -0.0744. The van der Waals surface area contributed by atoms with E-state index in [1.54, 1.807) is 0 Å². The molecule has 0 aliphatic carbocycles. The smallest absolute Gasteiger partial charge is 0.253 e. The van der Waals surface area contributed by atoms with E-state index in [0.717, 1.165) is 11.3 Å². The lowest BCUT2D eigenvalue weighted by molar-refractivity contribution is 0.0695. The van der Waals surface area contributed by atoms with Crippen LogP contribution in [-0.2, 0) is 4.74 Å². The Morgan fingerprint density at radius 2 is 2.17 bits per heavy atom. The Morgan fingerprint density at radius 3 is 2.78 bits per heavy atom. The number of nitrogens with one attached hydrogen (secondary N) is 2. The lowest BCUT2D eigenvalue weighted by Crippen LogP contribution is -2.32. The lowest BCUT2D eigenvalue weighted by atomic mass is 10.1. The highest BCUT2D eigenvalue weighted by Crippen LogP contribution is 2.16. The predicted octanol–water partition coefficient (Wildman–Crippen LogP) is 2.19. The van der Waals surface area contributed by atoms with Crippen LogP contribution in [0.2, 0.25) is 0 Å². The van der Waals surface area contributed by atoms with Gasteiger partial charge in [0.15, 0.2) is 0 Å². The number of hydrogen-bond donors (Lipinski definition) is 2. The molecule has 100 valence electrons. The third-order valence-electron chi connectivity index (χ3n) is 2.69. The van der Waals surface area contributed by atoms with Crippen molar-refractivity contribution in [3.63, 3.8) is 0 Å². The maximum Gasteiger partial charge on any atom is 0.253 e. The molecule has 0 aromatic heterocycles. The summed E-state index contributed by atoms with van der Waals surface area (Å²) < 4.78 is 5.38. The van der Waals surface area contributed by atoms with Gasteiger partial charge >= 0.3 is 0 Å². The Kier molecular flexibility index (Phi) is 5.65. The number of amides is 1. The second kappa shape index (κ2) is 7.01. The Labute approximate surface area is 109 Å². The molecule has 1 rings (SSSR count). The van der Waals surface area contributed by atoms with Crippen molar-refractivity contribution in [1.82, 2.24) is 5.32 Å². The van der Waals surface area contributed by atoms with E-state index in [1.165, 1.54) is 0 Å². The zero-order valence-electron chi connectivity index (χ0n) is 11.5. The van der Waals surface area contributed by atoms with Gasteiger partial charge in [0.05, 0.1) is 11.7 Å². The molecule has 0 heterocycles. The van der Waals surface area contributed by atoms with E-state index < -0.39 is 0 Å². The molecular formula is C14H22N2O2. The minimum Gasteiger partial charge on any atom is -0.387 e. The van der Waals surface area contributed by atoms with Crippen molar-refractivity contribution in [2.24, 2.45) is 0 Å². The van der Waals surface area contributed by atoms with E-state index >= 15 is 0 Å². The molecule has 0 spiro atoms. The van der Waals surface area contributed by atoms with Gasteiger partial charge in [-0.3, -0.25) is 4.79 Å². The summed E-state index contributed by atoms with van der Waals surface area (Å²) in [5, 5.41) is 5.91. The molecule has 1 amide bonds. The predicted molar refractivity (Wildman–Crippen MR) is 74.1 cm³/mol. The summed E-state index contributed by atoms with van der Waals surface area (Å²) in [7, 11) is 1.81. The summed E-state index contributed by atoms with van der Waals surface area (Å²) >= 11 is 0. The molecule has 4 nitrogen and oxygen atoms in total. The zero-order chi connectivity index (χ0) is 13.5. The standard InChI is InChI=1S/C14H22N2O2/c1-5-18-11(3)9-16-14(17)12-8-10(2)6-7-13(12)15-4/h6-8,11,15H,5,9H2,1-4H3,(H,16,17). The number of carbonyl (C=O) groups excluding carboxylic acids is 1. The zero-order valence-corrected chi connectivity index (χ0v) is 11.5. The van der Waals surface area contributed by atoms with Gasteiger partial charge in [-0.25, -0.2) is 0 Å². The van der Waals surface area contributed by atoms with Gasteiger partial charge in [0, 0.05) is 25.9 Å². The van der Waals surface area contributed by atoms with Crippen LogP contribution in [0.4, 0.5) is 5.69 Å². The molecular weight excluding hydrogens is 228 g/mol. The average Bonchev–Trinajstić information content (AvgIpc) is 2.36. The van der Waals surface area contributed by atoms with E-state index in [0.29, 0.717) is 18.7 Å². The summed E-state index contributed by atoms with van der Waals surface area (Å²) in [5.41, 5.74) is 2.57. The molecule has 1 atom stereocenters. The molecule has 0 fully saturated rings. The molecule has 2 N–H and O–H groups in total. The van der Waals surface area contributed by atoms with Crippen molar-refractivity contribution in [1.29, 1.82) is 0 Å². The topological polar surface area (TPSA) is 50.4 Å². The van der Waals surface area contributed by atoms with Crippen molar-refractivity contribution >= 4 is 11.6 Å². The molecule has 0 bridgehead atoms. The van der Waals surface area contributed by atoms with Crippen LogP contribution in [0.25, 0.3) is 0 Å². The first-order chi connectivity index (χ1) is 8.58. The highest BCUT2D eigenvalue weighted by atomic mass is 16.5. The van der Waals surface area contributed by atoms with Gasteiger partial charge in [0.2, 0.25) is 0 Å². The minimum absolute atomic E-state index is 0.0294. The third kappa shape index (κ3) is 4.04. The highest BCUT2D eigenvalue weighted by molar-refractivity contribution is 5.99. The lowest BCUT2D eigenvalue weighted by Gasteiger charge is -2.14. The summed E-state index contributed by atoms with van der Waals surface area (Å²) in [6.45, 7) is 7.03. The van der Waals surface area contributed by atoms with Crippen LogP contribution in [0, 0.1) is 6.92 Å². The van der Waals surface area contributed by atoms with Crippen LogP contribution >= 0.6 is 0 Å². The van der Waals surface area contributed by atoms with Crippen LogP contribution in [-0.4, -0.2) is 32.2 Å². The maximum absolute atomic E-state index is 12.1. The van der Waals surface area contributed by atoms with Crippen LogP contribution in [0.1, 0.15) is 29.8 Å².